The fourth-order valence-electron chi connectivity index (χ4n) is 2.37. The molecule has 0 saturated heterocycles. The Bertz CT molecular complexity index is 1040. The van der Waals surface area contributed by atoms with Crippen molar-refractivity contribution < 1.29 is 9.31 Å². The predicted octanol–water partition coefficient (Wildman–Crippen LogP) is 3.77. The molecule has 0 spiro atoms. The Morgan fingerprint density at radius 1 is 1.35 bits per heavy atom. The number of benzene rings is 2. The molecule has 0 aliphatic heterocycles. The van der Waals surface area contributed by atoms with E-state index in [1.54, 1.807) is 31.2 Å². The molecule has 0 saturated carbocycles. The molecule has 26 heavy (non-hydrogen) atoms. The number of aromatic nitrogens is 3. The molecular weight excluding hydrogens is 357 g/mol. The molecule has 132 valence electrons. The summed E-state index contributed by atoms with van der Waals surface area (Å²) in [6, 6.07) is 10.9. The summed E-state index contributed by atoms with van der Waals surface area (Å²) >= 11 is 5.18. The number of nitro benzene ring substituents is 1. The van der Waals surface area contributed by atoms with Crippen LogP contribution in [0.2, 0.25) is 0 Å². The van der Waals surface area contributed by atoms with Gasteiger partial charge in [-0.15, -0.1) is 0 Å². The minimum atomic E-state index is -0.434. The molecule has 0 unspecified atom stereocenters. The quantitative estimate of drug-likeness (QED) is 0.320. The van der Waals surface area contributed by atoms with Crippen LogP contribution in [0.4, 0.5) is 10.1 Å². The third-order valence-corrected chi connectivity index (χ3v) is 4.01. The average molecular weight is 371 g/mol. The lowest BCUT2D eigenvalue weighted by Crippen LogP contribution is -2.01. The van der Waals surface area contributed by atoms with Gasteiger partial charge >= 0.3 is 0 Å². The van der Waals surface area contributed by atoms with Crippen molar-refractivity contribution in [1.29, 1.82) is 0 Å². The molecule has 0 bridgehead atoms. The molecule has 3 rings (SSSR count). The third-order valence-electron chi connectivity index (χ3n) is 3.75. The van der Waals surface area contributed by atoms with E-state index in [9.17, 15) is 14.5 Å². The zero-order valence-corrected chi connectivity index (χ0v) is 14.5. The van der Waals surface area contributed by atoms with Crippen LogP contribution in [0.1, 0.15) is 22.5 Å². The number of aromatic amines is 1. The van der Waals surface area contributed by atoms with Crippen LogP contribution in [0.15, 0.2) is 47.6 Å². The van der Waals surface area contributed by atoms with Crippen LogP contribution >= 0.6 is 12.2 Å². The van der Waals surface area contributed by atoms with Gasteiger partial charge in [-0.25, -0.2) is 4.39 Å². The highest BCUT2D eigenvalue weighted by Gasteiger charge is 2.11. The molecule has 2 aromatic carbocycles. The molecule has 0 atom stereocenters. The third kappa shape index (κ3) is 3.89. The first-order valence-electron chi connectivity index (χ1n) is 7.64. The first-order valence-corrected chi connectivity index (χ1v) is 8.05. The highest BCUT2D eigenvalue weighted by atomic mass is 32.1. The molecule has 3 aromatic rings. The number of nitrogens with one attached hydrogen (secondary N) is 1. The summed E-state index contributed by atoms with van der Waals surface area (Å²) in [5, 5.41) is 22.1. The summed E-state index contributed by atoms with van der Waals surface area (Å²) in [7, 11) is 0. The van der Waals surface area contributed by atoms with Gasteiger partial charge in [-0.2, -0.15) is 14.9 Å². The predicted molar refractivity (Wildman–Crippen MR) is 97.4 cm³/mol. The smallest absolute Gasteiger partial charge is 0.258 e. The van der Waals surface area contributed by atoms with Crippen LogP contribution in [0.3, 0.4) is 0 Å². The highest BCUT2D eigenvalue weighted by molar-refractivity contribution is 7.71. The number of aryl methyl sites for hydroxylation is 1. The van der Waals surface area contributed by atoms with Crippen LogP contribution < -0.4 is 0 Å². The number of rotatable bonds is 5. The molecular formula is C17H14FN5O2S. The second-order valence-electron chi connectivity index (χ2n) is 5.61. The summed E-state index contributed by atoms with van der Waals surface area (Å²) in [6.07, 6.45) is 1.88. The number of hydrogen-bond acceptors (Lipinski definition) is 5. The van der Waals surface area contributed by atoms with Gasteiger partial charge in [0.15, 0.2) is 5.82 Å². The van der Waals surface area contributed by atoms with E-state index in [4.69, 9.17) is 12.2 Å². The van der Waals surface area contributed by atoms with Crippen LogP contribution in [-0.2, 0) is 6.42 Å². The van der Waals surface area contributed by atoms with Gasteiger partial charge in [-0.1, -0.05) is 24.3 Å². The standard InChI is InChI=1S/C17H14FN5O2S/c1-11-2-3-13(8-15(11)23(24)25)10-19-22-16(20-21-17(22)26)9-12-4-6-14(18)7-5-12/h2-8,10H,9H2,1H3,(H,21,26)/b19-10-. The molecule has 0 aliphatic rings. The maximum Gasteiger partial charge on any atom is 0.272 e. The second kappa shape index (κ2) is 7.36. The Morgan fingerprint density at radius 3 is 2.77 bits per heavy atom. The van der Waals surface area contributed by atoms with Crippen molar-refractivity contribution in [3.8, 4) is 0 Å². The van der Waals surface area contributed by atoms with Gasteiger partial charge in [0.1, 0.15) is 5.82 Å². The summed E-state index contributed by atoms with van der Waals surface area (Å²) in [4.78, 5) is 10.6. The van der Waals surface area contributed by atoms with E-state index >= 15 is 0 Å². The lowest BCUT2D eigenvalue weighted by molar-refractivity contribution is -0.385. The Morgan fingerprint density at radius 2 is 2.08 bits per heavy atom. The molecule has 1 aromatic heterocycles. The zero-order chi connectivity index (χ0) is 18.7. The molecule has 1 N–H and O–H groups in total. The summed E-state index contributed by atoms with van der Waals surface area (Å²) in [5.41, 5.74) is 2.02. The molecule has 0 amide bonds. The monoisotopic (exact) mass is 371 g/mol. The van der Waals surface area contributed by atoms with E-state index < -0.39 is 4.92 Å². The SMILES string of the molecule is Cc1ccc(/C=N\n2c(Cc3ccc(F)cc3)n[nH]c2=S)cc1[N+](=O)[O-]. The van der Waals surface area contributed by atoms with Crippen LogP contribution in [0.25, 0.3) is 0 Å². The topological polar surface area (TPSA) is 89.1 Å². The Hall–Kier alpha value is -3.20. The normalized spacial score (nSPS) is 11.2. The van der Waals surface area contributed by atoms with Crippen molar-refractivity contribution in [2.24, 2.45) is 5.10 Å². The zero-order valence-electron chi connectivity index (χ0n) is 13.7. The van der Waals surface area contributed by atoms with Gasteiger partial charge in [0.05, 0.1) is 11.1 Å². The van der Waals surface area contributed by atoms with Gasteiger partial charge in [0.25, 0.3) is 5.69 Å². The lowest BCUT2D eigenvalue weighted by Gasteiger charge is -2.02. The van der Waals surface area contributed by atoms with Crippen molar-refractivity contribution in [2.45, 2.75) is 13.3 Å². The molecule has 0 radical (unpaired) electrons. The largest absolute Gasteiger partial charge is 0.272 e. The number of nitro groups is 1. The van der Waals surface area contributed by atoms with Gasteiger partial charge in [-0.3, -0.25) is 15.2 Å². The van der Waals surface area contributed by atoms with E-state index in [1.165, 1.54) is 29.1 Å². The highest BCUT2D eigenvalue weighted by Crippen LogP contribution is 2.18. The second-order valence-corrected chi connectivity index (χ2v) is 5.99. The Balaban J connectivity index is 1.88. The number of hydrogen-bond donors (Lipinski definition) is 1. The maximum absolute atomic E-state index is 13.0. The molecule has 9 heteroatoms. The first kappa shape index (κ1) is 17.6. The lowest BCUT2D eigenvalue weighted by atomic mass is 10.1. The summed E-state index contributed by atoms with van der Waals surface area (Å²) in [5.74, 6) is 0.228. The molecule has 0 fully saturated rings. The van der Waals surface area contributed by atoms with E-state index in [0.29, 0.717) is 28.1 Å². The van der Waals surface area contributed by atoms with Crippen LogP contribution in [-0.4, -0.2) is 26.0 Å². The fourth-order valence-corrected chi connectivity index (χ4v) is 2.57. The average Bonchev–Trinajstić information content (AvgIpc) is 2.95. The summed E-state index contributed by atoms with van der Waals surface area (Å²) in [6.45, 7) is 1.67. The van der Waals surface area contributed by atoms with Gasteiger partial charge in [0, 0.05) is 23.6 Å². The Kier molecular flexibility index (Phi) is 4.99. The first-order chi connectivity index (χ1) is 12.4. The van der Waals surface area contributed by atoms with Crippen molar-refractivity contribution >= 4 is 24.1 Å². The van der Waals surface area contributed by atoms with Crippen LogP contribution in [0.5, 0.6) is 0 Å². The molecule has 1 heterocycles. The molecule has 0 aliphatic carbocycles. The van der Waals surface area contributed by atoms with Crippen molar-refractivity contribution in [3.05, 3.63) is 85.7 Å². The van der Waals surface area contributed by atoms with Gasteiger partial charge in [0.2, 0.25) is 4.77 Å². The fraction of sp³-hybridized carbons (Fsp3) is 0.118. The number of nitrogens with zero attached hydrogens (tertiary/aromatic N) is 4. The van der Waals surface area contributed by atoms with Crippen molar-refractivity contribution in [2.75, 3.05) is 0 Å². The van der Waals surface area contributed by atoms with Gasteiger partial charge in [-0.05, 0) is 36.8 Å². The number of halogens is 1. The van der Waals surface area contributed by atoms with E-state index in [2.05, 4.69) is 15.3 Å². The van der Waals surface area contributed by atoms with Crippen LogP contribution in [0, 0.1) is 27.6 Å². The minimum Gasteiger partial charge on any atom is -0.258 e. The summed E-state index contributed by atoms with van der Waals surface area (Å²) < 4.78 is 14.7. The van der Waals surface area contributed by atoms with Crippen molar-refractivity contribution in [1.82, 2.24) is 14.9 Å². The van der Waals surface area contributed by atoms with E-state index in [1.807, 2.05) is 0 Å². The van der Waals surface area contributed by atoms with E-state index in [-0.39, 0.29) is 11.5 Å². The Labute approximate surface area is 153 Å². The van der Waals surface area contributed by atoms with Gasteiger partial charge < -0.3 is 0 Å². The van der Waals surface area contributed by atoms with E-state index in [0.717, 1.165) is 5.56 Å². The van der Waals surface area contributed by atoms with Crippen molar-refractivity contribution in [3.63, 3.8) is 0 Å². The number of H-pyrrole nitrogens is 1. The maximum atomic E-state index is 13.0. The molecule has 7 nitrogen and oxygen atoms in total. The minimum absolute atomic E-state index is 0.0243.